The molecular weight excluding hydrogens is 286 g/mol. The number of aliphatic hydroxyl groups excluding tert-OH is 1. The number of hydrogen-bond donors (Lipinski definition) is 3. The summed E-state index contributed by atoms with van der Waals surface area (Å²) in [5.41, 5.74) is -0.243. The lowest BCUT2D eigenvalue weighted by molar-refractivity contribution is 0.0693. The second-order valence-corrected chi connectivity index (χ2v) is 5.79. The van der Waals surface area contributed by atoms with Crippen LogP contribution in [0.15, 0.2) is 23.1 Å². The van der Waals surface area contributed by atoms with Gasteiger partial charge >= 0.3 is 5.97 Å². The predicted molar refractivity (Wildman–Crippen MR) is 71.4 cm³/mol. The zero-order valence-corrected chi connectivity index (χ0v) is 12.0. The molecule has 1 aromatic rings. The molecule has 0 saturated heterocycles. The highest BCUT2D eigenvalue weighted by Crippen LogP contribution is 2.22. The molecule has 1 aromatic carbocycles. The van der Waals surface area contributed by atoms with Crippen LogP contribution in [-0.2, 0) is 10.0 Å². The number of nitrogens with one attached hydrogen (secondary N) is 1. The van der Waals surface area contributed by atoms with Crippen LogP contribution in [0.5, 0.6) is 5.75 Å². The Labute approximate surface area is 117 Å². The Morgan fingerprint density at radius 2 is 2.10 bits per heavy atom. The molecule has 0 radical (unpaired) electrons. The number of aromatic carboxylic acids is 1. The van der Waals surface area contributed by atoms with Crippen molar-refractivity contribution >= 4 is 16.0 Å². The third-order valence-corrected chi connectivity index (χ3v) is 4.26. The molecule has 0 fully saturated rings. The van der Waals surface area contributed by atoms with Gasteiger partial charge in [0.15, 0.2) is 0 Å². The minimum atomic E-state index is -3.89. The lowest BCUT2D eigenvalue weighted by atomic mass is 10.2. The largest absolute Gasteiger partial charge is 0.496 e. The van der Waals surface area contributed by atoms with Crippen molar-refractivity contribution in [2.24, 2.45) is 0 Å². The molecule has 0 aromatic heterocycles. The Hall–Kier alpha value is -1.64. The number of benzene rings is 1. The van der Waals surface area contributed by atoms with Crippen molar-refractivity contribution in [3.63, 3.8) is 0 Å². The van der Waals surface area contributed by atoms with Crippen molar-refractivity contribution in [2.75, 3.05) is 13.7 Å². The molecule has 1 atom stereocenters. The van der Waals surface area contributed by atoms with Crippen molar-refractivity contribution in [3.05, 3.63) is 23.8 Å². The van der Waals surface area contributed by atoms with E-state index in [2.05, 4.69) is 4.72 Å². The van der Waals surface area contributed by atoms with Gasteiger partial charge in [0.25, 0.3) is 0 Å². The topological polar surface area (TPSA) is 113 Å². The summed E-state index contributed by atoms with van der Waals surface area (Å²) in [6, 6.07) is 2.93. The zero-order chi connectivity index (χ0) is 15.3. The molecule has 0 spiro atoms. The van der Waals surface area contributed by atoms with Crippen LogP contribution in [-0.4, -0.2) is 44.4 Å². The fourth-order valence-electron chi connectivity index (χ4n) is 1.56. The lowest BCUT2D eigenvalue weighted by Gasteiger charge is -2.15. The lowest BCUT2D eigenvalue weighted by Crippen LogP contribution is -2.36. The summed E-state index contributed by atoms with van der Waals surface area (Å²) in [6.45, 7) is 1.39. The van der Waals surface area contributed by atoms with Gasteiger partial charge in [0.05, 0.1) is 18.6 Å². The predicted octanol–water partition coefficient (Wildman–Crippen LogP) is 0.443. The van der Waals surface area contributed by atoms with Crippen molar-refractivity contribution in [1.82, 2.24) is 4.72 Å². The highest BCUT2D eigenvalue weighted by atomic mass is 32.2. The Balaban J connectivity index is 3.19. The van der Waals surface area contributed by atoms with Gasteiger partial charge in [0, 0.05) is 6.04 Å². The van der Waals surface area contributed by atoms with Gasteiger partial charge in [-0.3, -0.25) is 0 Å². The first-order valence-electron chi connectivity index (χ1n) is 5.90. The third-order valence-electron chi connectivity index (χ3n) is 2.75. The summed E-state index contributed by atoms with van der Waals surface area (Å²) >= 11 is 0. The van der Waals surface area contributed by atoms with Gasteiger partial charge in [-0.05, 0) is 24.6 Å². The summed E-state index contributed by atoms with van der Waals surface area (Å²) < 4.78 is 31.3. The number of carbonyl (C=O) groups is 1. The molecule has 8 heteroatoms. The van der Waals surface area contributed by atoms with Gasteiger partial charge in [-0.25, -0.2) is 17.9 Å². The average Bonchev–Trinajstić information content (AvgIpc) is 2.43. The van der Waals surface area contributed by atoms with E-state index in [1.165, 1.54) is 19.2 Å². The van der Waals surface area contributed by atoms with Crippen LogP contribution in [0.4, 0.5) is 0 Å². The maximum atomic E-state index is 12.1. The highest BCUT2D eigenvalue weighted by molar-refractivity contribution is 7.89. The molecule has 112 valence electrons. The number of carboxylic acid groups (broad SMARTS) is 1. The van der Waals surface area contributed by atoms with E-state index in [0.717, 1.165) is 6.07 Å². The van der Waals surface area contributed by atoms with E-state index >= 15 is 0 Å². The van der Waals surface area contributed by atoms with E-state index in [9.17, 15) is 13.2 Å². The quantitative estimate of drug-likeness (QED) is 0.674. The second kappa shape index (κ2) is 6.69. The van der Waals surface area contributed by atoms with Crippen LogP contribution < -0.4 is 9.46 Å². The summed E-state index contributed by atoms with van der Waals surface area (Å²) in [4.78, 5) is 10.9. The number of methoxy groups -OCH3 is 1. The molecule has 0 bridgehead atoms. The van der Waals surface area contributed by atoms with Crippen LogP contribution in [0.3, 0.4) is 0 Å². The molecule has 7 nitrogen and oxygen atoms in total. The van der Waals surface area contributed by atoms with Crippen LogP contribution >= 0.6 is 0 Å². The van der Waals surface area contributed by atoms with Crippen molar-refractivity contribution in [1.29, 1.82) is 0 Å². The monoisotopic (exact) mass is 303 g/mol. The van der Waals surface area contributed by atoms with Gasteiger partial charge < -0.3 is 14.9 Å². The number of hydrogen-bond acceptors (Lipinski definition) is 5. The minimum Gasteiger partial charge on any atom is -0.496 e. The molecule has 0 saturated carbocycles. The molecule has 0 aliphatic heterocycles. The summed E-state index contributed by atoms with van der Waals surface area (Å²) in [6.07, 6.45) is 0.414. The second-order valence-electron chi connectivity index (χ2n) is 4.08. The Morgan fingerprint density at radius 3 is 2.55 bits per heavy atom. The van der Waals surface area contributed by atoms with Crippen LogP contribution in [0.2, 0.25) is 0 Å². The van der Waals surface area contributed by atoms with Gasteiger partial charge in [0.2, 0.25) is 10.0 Å². The normalized spacial score (nSPS) is 12.9. The Kier molecular flexibility index (Phi) is 5.49. The Morgan fingerprint density at radius 1 is 1.45 bits per heavy atom. The molecule has 20 heavy (non-hydrogen) atoms. The van der Waals surface area contributed by atoms with E-state index < -0.39 is 22.0 Å². The number of ether oxygens (including phenoxy) is 1. The van der Waals surface area contributed by atoms with E-state index in [4.69, 9.17) is 14.9 Å². The first kappa shape index (κ1) is 16.4. The molecular formula is C12H17NO6S. The summed E-state index contributed by atoms with van der Waals surface area (Å²) in [5, 5.41) is 18.0. The first-order valence-corrected chi connectivity index (χ1v) is 7.38. The molecule has 0 aliphatic rings. The van der Waals surface area contributed by atoms with Gasteiger partial charge in [-0.2, -0.15) is 0 Å². The average molecular weight is 303 g/mol. The fraction of sp³-hybridized carbons (Fsp3) is 0.417. The molecule has 0 amide bonds. The fourth-order valence-corrected chi connectivity index (χ4v) is 2.89. The van der Waals surface area contributed by atoms with Crippen molar-refractivity contribution in [2.45, 2.75) is 24.3 Å². The number of rotatable bonds is 7. The number of sulfonamides is 1. The maximum Gasteiger partial charge on any atom is 0.339 e. The maximum absolute atomic E-state index is 12.1. The SMILES string of the molecule is CC[C@H](CO)NS(=O)(=O)c1ccc(OC)c(C(=O)O)c1. The molecule has 0 heterocycles. The molecule has 0 unspecified atom stereocenters. The molecule has 1 rings (SSSR count). The zero-order valence-electron chi connectivity index (χ0n) is 11.2. The molecule has 3 N–H and O–H groups in total. The summed E-state index contributed by atoms with van der Waals surface area (Å²) in [7, 11) is -2.59. The van der Waals surface area contributed by atoms with Gasteiger partial charge in [0.1, 0.15) is 11.3 Å². The first-order chi connectivity index (χ1) is 9.35. The van der Waals surface area contributed by atoms with Gasteiger partial charge in [-0.1, -0.05) is 6.92 Å². The van der Waals surface area contributed by atoms with Crippen LogP contribution in [0.1, 0.15) is 23.7 Å². The standard InChI is InChI=1S/C12H17NO6S/c1-3-8(7-14)13-20(17,18)9-4-5-11(19-2)10(6-9)12(15)16/h4-6,8,13-14H,3,7H2,1-2H3,(H,15,16)/t8-/m1/s1. The Bertz CT molecular complexity index is 580. The number of aliphatic hydroxyl groups is 1. The van der Waals surface area contributed by atoms with Crippen LogP contribution in [0, 0.1) is 0 Å². The smallest absolute Gasteiger partial charge is 0.339 e. The van der Waals surface area contributed by atoms with E-state index in [0.29, 0.717) is 6.42 Å². The van der Waals surface area contributed by atoms with E-state index in [1.807, 2.05) is 0 Å². The minimum absolute atomic E-state index is 0.0747. The van der Waals surface area contributed by atoms with Crippen molar-refractivity contribution in [3.8, 4) is 5.75 Å². The number of carboxylic acids is 1. The molecule has 0 aliphatic carbocycles. The summed E-state index contributed by atoms with van der Waals surface area (Å²) in [5.74, 6) is -1.21. The highest BCUT2D eigenvalue weighted by Gasteiger charge is 2.21. The third kappa shape index (κ3) is 3.69. The van der Waals surface area contributed by atoms with Crippen molar-refractivity contribution < 1.29 is 28.2 Å². The van der Waals surface area contributed by atoms with Gasteiger partial charge in [-0.15, -0.1) is 0 Å². The van der Waals surface area contributed by atoms with E-state index in [1.54, 1.807) is 6.92 Å². The van der Waals surface area contributed by atoms with Crippen LogP contribution in [0.25, 0.3) is 0 Å². The van der Waals surface area contributed by atoms with E-state index in [-0.39, 0.29) is 22.8 Å².